The number of ether oxygens (including phenoxy) is 2. The van der Waals surface area contributed by atoms with E-state index in [9.17, 15) is 14.0 Å². The van der Waals surface area contributed by atoms with Gasteiger partial charge in [-0.1, -0.05) is 25.1 Å². The van der Waals surface area contributed by atoms with Gasteiger partial charge in [0, 0.05) is 6.20 Å². The Bertz CT molecular complexity index is 1060. The monoisotopic (exact) mass is 397 g/mol. The number of halogens is 1. The van der Waals surface area contributed by atoms with Gasteiger partial charge in [-0.2, -0.15) is 0 Å². The largest absolute Gasteiger partial charge is 0.488 e. The topological polar surface area (TPSA) is 88.6 Å². The van der Waals surface area contributed by atoms with Crippen molar-refractivity contribution < 1.29 is 23.8 Å². The van der Waals surface area contributed by atoms with E-state index in [4.69, 9.17) is 14.6 Å². The molecule has 0 aliphatic rings. The molecule has 0 unspecified atom stereocenters. The molecule has 2 aromatic carbocycles. The number of carboxylic acids is 1. The number of pyridine rings is 1. The molecule has 0 saturated heterocycles. The number of aryl methyl sites for hydroxylation is 1. The van der Waals surface area contributed by atoms with Crippen molar-refractivity contribution >= 4 is 5.97 Å². The summed E-state index contributed by atoms with van der Waals surface area (Å²) >= 11 is 0. The number of nitrogens with one attached hydrogen (secondary N) is 1. The molecule has 0 aliphatic heterocycles. The van der Waals surface area contributed by atoms with Gasteiger partial charge in [-0.25, -0.2) is 9.18 Å². The fraction of sp³-hybridized carbons (Fsp3) is 0.182. The molecular formula is C22H20FNO5. The summed E-state index contributed by atoms with van der Waals surface area (Å²) in [5.74, 6) is -0.547. The second-order valence-corrected chi connectivity index (χ2v) is 6.32. The van der Waals surface area contributed by atoms with Crippen molar-refractivity contribution in [2.45, 2.75) is 20.0 Å². The van der Waals surface area contributed by atoms with Gasteiger partial charge in [0.2, 0.25) is 0 Å². The van der Waals surface area contributed by atoms with Crippen molar-refractivity contribution in [2.75, 3.05) is 6.61 Å². The van der Waals surface area contributed by atoms with E-state index in [0.717, 1.165) is 11.1 Å². The van der Waals surface area contributed by atoms with Crippen molar-refractivity contribution in [1.29, 1.82) is 0 Å². The van der Waals surface area contributed by atoms with Crippen LogP contribution in [-0.4, -0.2) is 22.7 Å². The van der Waals surface area contributed by atoms with E-state index in [1.165, 1.54) is 18.3 Å². The maximum absolute atomic E-state index is 13.1. The molecule has 3 rings (SSSR count). The van der Waals surface area contributed by atoms with Gasteiger partial charge in [0.25, 0.3) is 5.56 Å². The first-order valence-corrected chi connectivity index (χ1v) is 9.04. The van der Waals surface area contributed by atoms with Gasteiger partial charge >= 0.3 is 5.97 Å². The average molecular weight is 397 g/mol. The summed E-state index contributed by atoms with van der Waals surface area (Å²) < 4.78 is 24.2. The predicted octanol–water partition coefficient (Wildman–Crippen LogP) is 3.79. The van der Waals surface area contributed by atoms with Crippen LogP contribution in [0.4, 0.5) is 4.39 Å². The third-order valence-electron chi connectivity index (χ3n) is 4.31. The van der Waals surface area contributed by atoms with Crippen LogP contribution in [-0.2, 0) is 17.8 Å². The van der Waals surface area contributed by atoms with Crippen LogP contribution in [0.25, 0.3) is 11.1 Å². The van der Waals surface area contributed by atoms with Gasteiger partial charge in [-0.15, -0.1) is 0 Å². The third kappa shape index (κ3) is 5.01. The lowest BCUT2D eigenvalue weighted by Gasteiger charge is -2.14. The van der Waals surface area contributed by atoms with E-state index in [2.05, 4.69) is 4.98 Å². The molecule has 7 heteroatoms. The number of aromatic amines is 1. The maximum atomic E-state index is 13.1. The zero-order valence-corrected chi connectivity index (χ0v) is 15.8. The minimum Gasteiger partial charge on any atom is -0.488 e. The Morgan fingerprint density at radius 3 is 2.52 bits per heavy atom. The Balaban J connectivity index is 1.90. The van der Waals surface area contributed by atoms with E-state index in [-0.39, 0.29) is 18.0 Å². The lowest BCUT2D eigenvalue weighted by Crippen LogP contribution is -2.12. The summed E-state index contributed by atoms with van der Waals surface area (Å²) in [4.78, 5) is 25.9. The molecule has 0 aliphatic carbocycles. The number of carbonyl (C=O) groups is 1. The Morgan fingerprint density at radius 1 is 1.07 bits per heavy atom. The quantitative estimate of drug-likeness (QED) is 0.604. The van der Waals surface area contributed by atoms with Crippen LogP contribution >= 0.6 is 0 Å². The van der Waals surface area contributed by atoms with Crippen LogP contribution in [0, 0.1) is 5.82 Å². The lowest BCUT2D eigenvalue weighted by atomic mass is 10.0. The van der Waals surface area contributed by atoms with E-state index in [1.807, 2.05) is 6.92 Å². The number of benzene rings is 2. The van der Waals surface area contributed by atoms with Crippen LogP contribution in [0.1, 0.15) is 18.1 Å². The zero-order valence-electron chi connectivity index (χ0n) is 15.8. The number of aromatic nitrogens is 1. The molecule has 1 heterocycles. The zero-order chi connectivity index (χ0) is 20.8. The molecule has 0 bridgehead atoms. The van der Waals surface area contributed by atoms with Crippen LogP contribution < -0.4 is 15.0 Å². The minimum absolute atomic E-state index is 0.178. The van der Waals surface area contributed by atoms with Gasteiger partial charge in [0.05, 0.1) is 5.56 Å². The van der Waals surface area contributed by atoms with E-state index >= 15 is 0 Å². The Kier molecular flexibility index (Phi) is 6.29. The van der Waals surface area contributed by atoms with Gasteiger partial charge < -0.3 is 19.6 Å². The summed E-state index contributed by atoms with van der Waals surface area (Å²) in [7, 11) is 0. The van der Waals surface area contributed by atoms with Crippen LogP contribution in [0.5, 0.6) is 11.5 Å². The van der Waals surface area contributed by atoms with Crippen molar-refractivity contribution in [3.63, 3.8) is 0 Å². The van der Waals surface area contributed by atoms with Crippen LogP contribution in [0.3, 0.4) is 0 Å². The number of hydrogen-bond donors (Lipinski definition) is 2. The van der Waals surface area contributed by atoms with Crippen molar-refractivity contribution in [3.05, 3.63) is 82.0 Å². The normalized spacial score (nSPS) is 10.6. The van der Waals surface area contributed by atoms with Crippen molar-refractivity contribution in [1.82, 2.24) is 4.98 Å². The highest BCUT2D eigenvalue weighted by Gasteiger charge is 2.14. The molecule has 0 saturated carbocycles. The van der Waals surface area contributed by atoms with E-state index < -0.39 is 12.6 Å². The number of H-pyrrole nitrogens is 1. The summed E-state index contributed by atoms with van der Waals surface area (Å²) in [6, 6.07) is 12.7. The standard InChI is InChI=1S/C22H20FNO5/c1-2-15-11-16(5-8-18(15)29-13-20(25)26)21-19(9-10-24-22(21)27)28-12-14-3-6-17(23)7-4-14/h3-11H,2,12-13H2,1H3,(H,24,27)(H,25,26). The molecule has 2 N–H and O–H groups in total. The van der Waals surface area contributed by atoms with Crippen LogP contribution in [0.2, 0.25) is 0 Å². The summed E-state index contributed by atoms with van der Waals surface area (Å²) in [6.45, 7) is 1.65. The summed E-state index contributed by atoms with van der Waals surface area (Å²) in [5, 5.41) is 8.80. The molecule has 3 aromatic rings. The fourth-order valence-electron chi connectivity index (χ4n) is 2.89. The second kappa shape index (κ2) is 9.05. The highest BCUT2D eigenvalue weighted by molar-refractivity contribution is 5.71. The maximum Gasteiger partial charge on any atom is 0.341 e. The number of carboxylic acid groups (broad SMARTS) is 1. The highest BCUT2D eigenvalue weighted by atomic mass is 19.1. The summed E-state index contributed by atoms with van der Waals surface area (Å²) in [6.07, 6.45) is 2.09. The van der Waals surface area contributed by atoms with E-state index in [0.29, 0.717) is 29.0 Å². The molecule has 0 amide bonds. The number of aliphatic carboxylic acids is 1. The fourth-order valence-corrected chi connectivity index (χ4v) is 2.89. The Labute approximate surface area is 166 Å². The van der Waals surface area contributed by atoms with Gasteiger partial charge in [-0.05, 0) is 53.4 Å². The number of hydrogen-bond acceptors (Lipinski definition) is 4. The van der Waals surface area contributed by atoms with Crippen LogP contribution in [0.15, 0.2) is 59.5 Å². The van der Waals surface area contributed by atoms with E-state index in [1.54, 1.807) is 36.4 Å². The van der Waals surface area contributed by atoms with Crippen molar-refractivity contribution in [3.8, 4) is 22.6 Å². The molecule has 0 spiro atoms. The van der Waals surface area contributed by atoms with Gasteiger partial charge in [-0.3, -0.25) is 4.79 Å². The molecule has 0 fully saturated rings. The Morgan fingerprint density at radius 2 is 1.83 bits per heavy atom. The summed E-state index contributed by atoms with van der Waals surface area (Å²) in [5.41, 5.74) is 2.21. The SMILES string of the molecule is CCc1cc(-c2c(OCc3ccc(F)cc3)cc[nH]c2=O)ccc1OCC(=O)O. The average Bonchev–Trinajstić information content (AvgIpc) is 2.71. The first-order chi connectivity index (χ1) is 14.0. The Hall–Kier alpha value is -3.61. The first kappa shape index (κ1) is 20.1. The van der Waals surface area contributed by atoms with Gasteiger partial charge in [0.15, 0.2) is 6.61 Å². The van der Waals surface area contributed by atoms with Gasteiger partial charge in [0.1, 0.15) is 23.9 Å². The molecule has 0 atom stereocenters. The molecule has 150 valence electrons. The third-order valence-corrected chi connectivity index (χ3v) is 4.31. The lowest BCUT2D eigenvalue weighted by molar-refractivity contribution is -0.139. The smallest absolute Gasteiger partial charge is 0.341 e. The highest BCUT2D eigenvalue weighted by Crippen LogP contribution is 2.31. The van der Waals surface area contributed by atoms with Crippen molar-refractivity contribution in [2.24, 2.45) is 0 Å². The molecule has 1 aromatic heterocycles. The minimum atomic E-state index is -1.06. The molecule has 29 heavy (non-hydrogen) atoms. The molecule has 6 nitrogen and oxygen atoms in total. The predicted molar refractivity (Wildman–Crippen MR) is 106 cm³/mol. The molecular weight excluding hydrogens is 377 g/mol. The first-order valence-electron chi connectivity index (χ1n) is 9.04. The molecule has 0 radical (unpaired) electrons. The second-order valence-electron chi connectivity index (χ2n) is 6.32. The number of rotatable bonds is 8.